The molecule has 8 nitrogen and oxygen atoms in total. The predicted octanol–water partition coefficient (Wildman–Crippen LogP) is 0.905. The largest absolute Gasteiger partial charge is 0.351 e. The van der Waals surface area contributed by atoms with Crippen LogP contribution in [0.5, 0.6) is 0 Å². The number of nitrogens with one attached hydrogen (secondary N) is 1. The third-order valence-electron chi connectivity index (χ3n) is 3.72. The number of hydroxylamine groups is 2. The highest BCUT2D eigenvalue weighted by molar-refractivity contribution is 7.89. The van der Waals surface area contributed by atoms with Gasteiger partial charge in [0.15, 0.2) is 0 Å². The van der Waals surface area contributed by atoms with Crippen LogP contribution < -0.4 is 4.72 Å². The zero-order valence-corrected chi connectivity index (χ0v) is 15.0. The molecule has 1 fully saturated rings. The maximum atomic E-state index is 12.5. The van der Waals surface area contributed by atoms with Crippen LogP contribution in [-0.4, -0.2) is 37.3 Å². The second kappa shape index (κ2) is 7.32. The summed E-state index contributed by atoms with van der Waals surface area (Å²) in [5.74, 6) is -2.71. The Bertz CT molecular complexity index is 769. The minimum absolute atomic E-state index is 0.00451. The molecule has 136 valence electrons. The van der Waals surface area contributed by atoms with E-state index in [0.29, 0.717) is 5.06 Å². The SMILES string of the molecule is Cc1ccc(S(=O)(=O)N[C@H](C(=O)ON2C(=O)CCC2=O)C(C)C)cc1. The number of nitrogens with zero attached hydrogens (tertiary/aromatic N) is 1. The second-order valence-electron chi connectivity index (χ2n) is 6.15. The highest BCUT2D eigenvalue weighted by atomic mass is 32.2. The van der Waals surface area contributed by atoms with Crippen molar-refractivity contribution in [2.45, 2.75) is 44.6 Å². The van der Waals surface area contributed by atoms with Crippen molar-refractivity contribution in [1.29, 1.82) is 0 Å². The van der Waals surface area contributed by atoms with E-state index in [1.165, 1.54) is 12.1 Å². The Balaban J connectivity index is 2.17. The predicted molar refractivity (Wildman–Crippen MR) is 87.3 cm³/mol. The van der Waals surface area contributed by atoms with Crippen molar-refractivity contribution in [3.05, 3.63) is 29.8 Å². The van der Waals surface area contributed by atoms with Crippen LogP contribution in [0.3, 0.4) is 0 Å². The van der Waals surface area contributed by atoms with Crippen LogP contribution in [-0.2, 0) is 29.2 Å². The number of amides is 2. The molecule has 9 heteroatoms. The molecular weight excluding hydrogens is 348 g/mol. The molecule has 1 heterocycles. The van der Waals surface area contributed by atoms with Crippen molar-refractivity contribution >= 4 is 27.8 Å². The Hall–Kier alpha value is -2.26. The summed E-state index contributed by atoms with van der Waals surface area (Å²) in [6.45, 7) is 5.07. The monoisotopic (exact) mass is 368 g/mol. The van der Waals surface area contributed by atoms with Crippen LogP contribution in [0.1, 0.15) is 32.3 Å². The van der Waals surface area contributed by atoms with Crippen LogP contribution in [0.2, 0.25) is 0 Å². The van der Waals surface area contributed by atoms with E-state index in [9.17, 15) is 22.8 Å². The Kier molecular flexibility index (Phi) is 5.58. The number of hydrogen-bond donors (Lipinski definition) is 1. The first-order chi connectivity index (χ1) is 11.6. The molecule has 1 saturated heterocycles. The number of benzene rings is 1. The summed E-state index contributed by atoms with van der Waals surface area (Å²) in [5.41, 5.74) is 0.893. The van der Waals surface area contributed by atoms with Gasteiger partial charge in [0.2, 0.25) is 10.0 Å². The molecule has 0 aromatic heterocycles. The zero-order chi connectivity index (χ0) is 18.8. The van der Waals surface area contributed by atoms with Crippen LogP contribution >= 0.6 is 0 Å². The van der Waals surface area contributed by atoms with Crippen LogP contribution in [0.15, 0.2) is 29.2 Å². The van der Waals surface area contributed by atoms with Gasteiger partial charge < -0.3 is 4.84 Å². The van der Waals surface area contributed by atoms with Gasteiger partial charge in [0, 0.05) is 12.8 Å². The van der Waals surface area contributed by atoms with Crippen LogP contribution in [0.4, 0.5) is 0 Å². The molecule has 0 unspecified atom stereocenters. The summed E-state index contributed by atoms with van der Waals surface area (Å²) >= 11 is 0. The van der Waals surface area contributed by atoms with Gasteiger partial charge in [-0.15, -0.1) is 5.06 Å². The lowest BCUT2D eigenvalue weighted by molar-refractivity contribution is -0.199. The van der Waals surface area contributed by atoms with E-state index in [-0.39, 0.29) is 17.7 Å². The first-order valence-electron chi connectivity index (χ1n) is 7.78. The highest BCUT2D eigenvalue weighted by Crippen LogP contribution is 2.17. The maximum absolute atomic E-state index is 12.5. The second-order valence-corrected chi connectivity index (χ2v) is 7.86. The van der Waals surface area contributed by atoms with E-state index in [1.807, 2.05) is 6.92 Å². The smallest absolute Gasteiger partial charge is 0.329 e. The van der Waals surface area contributed by atoms with Crippen molar-refractivity contribution in [3.8, 4) is 0 Å². The van der Waals surface area contributed by atoms with Gasteiger partial charge in [-0.1, -0.05) is 31.5 Å². The standard InChI is InChI=1S/C16H20N2O6S/c1-10(2)15(16(21)24-18-13(19)8-9-14(18)20)17-25(22,23)12-6-4-11(3)5-7-12/h4-7,10,15,17H,8-9H2,1-3H3/t15-/m0/s1. The number of aryl methyl sites for hydroxylation is 1. The van der Waals surface area contributed by atoms with Crippen molar-refractivity contribution in [1.82, 2.24) is 9.79 Å². The molecular formula is C16H20N2O6S. The molecule has 2 amide bonds. The van der Waals surface area contributed by atoms with E-state index in [2.05, 4.69) is 4.72 Å². The molecule has 1 N–H and O–H groups in total. The Morgan fingerprint density at radius 2 is 1.64 bits per heavy atom. The summed E-state index contributed by atoms with van der Waals surface area (Å²) in [7, 11) is -3.97. The molecule has 0 saturated carbocycles. The van der Waals surface area contributed by atoms with E-state index >= 15 is 0 Å². The molecule has 0 bridgehead atoms. The summed E-state index contributed by atoms with van der Waals surface area (Å²) < 4.78 is 27.2. The third-order valence-corrected chi connectivity index (χ3v) is 5.18. The van der Waals surface area contributed by atoms with Gasteiger partial charge in [-0.25, -0.2) is 13.2 Å². The number of hydrogen-bond acceptors (Lipinski definition) is 6. The van der Waals surface area contributed by atoms with Gasteiger partial charge in [-0.2, -0.15) is 4.72 Å². The minimum Gasteiger partial charge on any atom is -0.329 e. The fraction of sp³-hybridized carbons (Fsp3) is 0.438. The zero-order valence-electron chi connectivity index (χ0n) is 14.2. The minimum atomic E-state index is -3.97. The van der Waals surface area contributed by atoms with Gasteiger partial charge in [0.05, 0.1) is 4.90 Å². The molecule has 1 atom stereocenters. The van der Waals surface area contributed by atoms with Crippen molar-refractivity contribution < 1.29 is 27.6 Å². The first-order valence-corrected chi connectivity index (χ1v) is 9.26. The molecule has 0 radical (unpaired) electrons. The summed E-state index contributed by atoms with van der Waals surface area (Å²) in [6, 6.07) is 4.88. The molecule has 1 aliphatic heterocycles. The van der Waals surface area contributed by atoms with E-state index in [4.69, 9.17) is 4.84 Å². The average molecular weight is 368 g/mol. The molecule has 1 aliphatic rings. The average Bonchev–Trinajstić information content (AvgIpc) is 2.84. The number of sulfonamides is 1. The molecule has 0 spiro atoms. The van der Waals surface area contributed by atoms with E-state index in [0.717, 1.165) is 5.56 Å². The summed E-state index contributed by atoms with van der Waals surface area (Å²) in [5, 5.41) is 0.401. The first kappa shape index (κ1) is 19.1. The Morgan fingerprint density at radius 1 is 1.12 bits per heavy atom. The van der Waals surface area contributed by atoms with Gasteiger partial charge in [0.25, 0.3) is 11.8 Å². The maximum Gasteiger partial charge on any atom is 0.351 e. The van der Waals surface area contributed by atoms with Crippen molar-refractivity contribution in [3.63, 3.8) is 0 Å². The third kappa shape index (κ3) is 4.43. The summed E-state index contributed by atoms with van der Waals surface area (Å²) in [4.78, 5) is 40.2. The lowest BCUT2D eigenvalue weighted by Crippen LogP contribution is -2.48. The molecule has 0 aliphatic carbocycles. The Morgan fingerprint density at radius 3 is 2.12 bits per heavy atom. The topological polar surface area (TPSA) is 110 Å². The van der Waals surface area contributed by atoms with Crippen LogP contribution in [0.25, 0.3) is 0 Å². The fourth-order valence-electron chi connectivity index (χ4n) is 2.21. The lowest BCUT2D eigenvalue weighted by Gasteiger charge is -2.22. The number of imide groups is 1. The molecule has 1 aromatic carbocycles. The van der Waals surface area contributed by atoms with Gasteiger partial charge in [-0.05, 0) is 25.0 Å². The lowest BCUT2D eigenvalue weighted by atomic mass is 10.1. The highest BCUT2D eigenvalue weighted by Gasteiger charge is 2.37. The van der Waals surface area contributed by atoms with Crippen molar-refractivity contribution in [2.24, 2.45) is 5.92 Å². The fourth-order valence-corrected chi connectivity index (χ4v) is 3.55. The number of carbonyl (C=O) groups excluding carboxylic acids is 3. The van der Waals surface area contributed by atoms with Gasteiger partial charge in [0.1, 0.15) is 6.04 Å². The molecule has 2 rings (SSSR count). The number of carbonyl (C=O) groups is 3. The normalized spacial score (nSPS) is 16.4. The van der Waals surface area contributed by atoms with Gasteiger partial charge in [-0.3, -0.25) is 9.59 Å². The van der Waals surface area contributed by atoms with E-state index in [1.54, 1.807) is 26.0 Å². The number of rotatable bonds is 6. The van der Waals surface area contributed by atoms with Crippen LogP contribution in [0, 0.1) is 12.8 Å². The molecule has 1 aromatic rings. The summed E-state index contributed by atoms with van der Waals surface area (Å²) in [6.07, 6.45) is -0.0683. The van der Waals surface area contributed by atoms with E-state index < -0.39 is 39.8 Å². The molecule has 25 heavy (non-hydrogen) atoms. The Labute approximate surface area is 146 Å². The van der Waals surface area contributed by atoms with Crippen molar-refractivity contribution in [2.75, 3.05) is 0 Å². The van der Waals surface area contributed by atoms with Gasteiger partial charge >= 0.3 is 5.97 Å². The quantitative estimate of drug-likeness (QED) is 0.747.